The maximum absolute atomic E-state index is 13.2. The Kier molecular flexibility index (Phi) is 7.57. The highest BCUT2D eigenvalue weighted by molar-refractivity contribution is 7.92. The number of sulfone groups is 1. The highest BCUT2D eigenvalue weighted by Gasteiger charge is 2.40. The Hall–Kier alpha value is -2.38. The number of amides is 1. The molecule has 3 aromatic rings. The number of hydrogen-bond acceptors (Lipinski definition) is 8. The van der Waals surface area contributed by atoms with Crippen molar-refractivity contribution < 1.29 is 26.4 Å². The first-order valence-corrected chi connectivity index (χ1v) is 15.3. The van der Waals surface area contributed by atoms with Gasteiger partial charge in [0.1, 0.15) is 5.01 Å². The summed E-state index contributed by atoms with van der Waals surface area (Å²) in [6.45, 7) is 0.245. The van der Waals surface area contributed by atoms with E-state index in [-0.39, 0.29) is 23.2 Å². The van der Waals surface area contributed by atoms with Gasteiger partial charge in [0.2, 0.25) is 15.9 Å². The van der Waals surface area contributed by atoms with Gasteiger partial charge in [0.05, 0.1) is 28.3 Å². The van der Waals surface area contributed by atoms with E-state index >= 15 is 0 Å². The fourth-order valence-electron chi connectivity index (χ4n) is 3.74. The lowest BCUT2D eigenvalue weighted by molar-refractivity contribution is -0.120. The second-order valence-electron chi connectivity index (χ2n) is 8.68. The molecule has 1 aliphatic carbocycles. The van der Waals surface area contributed by atoms with Crippen LogP contribution in [0.1, 0.15) is 28.7 Å². The molecule has 1 saturated carbocycles. The number of benzene rings is 2. The Labute approximate surface area is 208 Å². The van der Waals surface area contributed by atoms with Gasteiger partial charge in [0.25, 0.3) is 0 Å². The number of methoxy groups -OCH3 is 1. The minimum atomic E-state index is -3.85. The summed E-state index contributed by atoms with van der Waals surface area (Å²) < 4.78 is 54.7. The summed E-state index contributed by atoms with van der Waals surface area (Å²) in [5.41, 5.74) is 3.57. The van der Waals surface area contributed by atoms with E-state index in [0.29, 0.717) is 12.1 Å². The van der Waals surface area contributed by atoms with Crippen LogP contribution in [0.5, 0.6) is 0 Å². The van der Waals surface area contributed by atoms with Crippen LogP contribution in [0, 0.1) is 5.92 Å². The predicted octanol–water partition coefficient (Wildman–Crippen LogP) is 2.38. The lowest BCUT2D eigenvalue weighted by Crippen LogP contribution is -2.38. The maximum atomic E-state index is 13.2. The van der Waals surface area contributed by atoms with Gasteiger partial charge in [-0.05, 0) is 47.6 Å². The fourth-order valence-corrected chi connectivity index (χ4v) is 7.65. The van der Waals surface area contributed by atoms with Crippen LogP contribution < -0.4 is 10.5 Å². The highest BCUT2D eigenvalue weighted by Crippen LogP contribution is 2.38. The normalized spacial score (nSPS) is 15.3. The standard InChI is InChI=1S/C23H27N3O6S3/c1-32-13-15-4-6-17(7-5-15)18-8-9-19-20(12-18)33-23(26-19)21(34(28,29)14-16-2-3-16)22(27)25-10-11-35(24,30)31/h4-9,12,16,21H,2-3,10-11,13-14H2,1H3,(H,25,27)(H2,24,30,31). The molecular weight excluding hydrogens is 510 g/mol. The van der Waals surface area contributed by atoms with Gasteiger partial charge in [0.15, 0.2) is 15.1 Å². The molecule has 9 nitrogen and oxygen atoms in total. The summed E-state index contributed by atoms with van der Waals surface area (Å²) in [4.78, 5) is 17.4. The molecule has 3 N–H and O–H groups in total. The van der Waals surface area contributed by atoms with Gasteiger partial charge in [0, 0.05) is 13.7 Å². The van der Waals surface area contributed by atoms with Crippen molar-refractivity contribution in [2.45, 2.75) is 24.7 Å². The number of aromatic nitrogens is 1. The molecule has 1 aromatic heterocycles. The largest absolute Gasteiger partial charge is 0.380 e. The van der Waals surface area contributed by atoms with Crippen molar-refractivity contribution in [1.82, 2.24) is 10.3 Å². The van der Waals surface area contributed by atoms with E-state index in [1.54, 1.807) is 13.2 Å². The summed E-state index contributed by atoms with van der Waals surface area (Å²) in [6.07, 6.45) is 1.62. The number of thiazole rings is 1. The van der Waals surface area contributed by atoms with E-state index in [1.165, 1.54) is 0 Å². The Morgan fingerprint density at radius 3 is 2.46 bits per heavy atom. The molecule has 4 rings (SSSR count). The van der Waals surface area contributed by atoms with Crippen LogP contribution >= 0.6 is 11.3 Å². The Morgan fingerprint density at radius 2 is 1.83 bits per heavy atom. The summed E-state index contributed by atoms with van der Waals surface area (Å²) in [5.74, 6) is -1.33. The first kappa shape index (κ1) is 25.7. The molecular formula is C23H27N3O6S3. The third-order valence-corrected chi connectivity index (χ3v) is 9.77. The van der Waals surface area contributed by atoms with Crippen LogP contribution in [-0.4, -0.2) is 52.9 Å². The Bertz CT molecular complexity index is 1430. The zero-order valence-corrected chi connectivity index (χ0v) is 21.6. The van der Waals surface area contributed by atoms with Gasteiger partial charge in [-0.25, -0.2) is 27.0 Å². The molecule has 35 heavy (non-hydrogen) atoms. The van der Waals surface area contributed by atoms with Crippen LogP contribution in [0.25, 0.3) is 21.3 Å². The number of sulfonamides is 1. The molecule has 1 heterocycles. The van der Waals surface area contributed by atoms with Gasteiger partial charge in [-0.15, -0.1) is 11.3 Å². The molecule has 12 heteroatoms. The lowest BCUT2D eigenvalue weighted by atomic mass is 10.0. The van der Waals surface area contributed by atoms with E-state index in [9.17, 15) is 21.6 Å². The maximum Gasteiger partial charge on any atom is 0.245 e. The van der Waals surface area contributed by atoms with Crippen molar-refractivity contribution in [3.63, 3.8) is 0 Å². The SMILES string of the molecule is COCc1ccc(-c2ccc3nc(C(C(=O)NCCS(N)(=O)=O)S(=O)(=O)CC4CC4)sc3c2)cc1. The second kappa shape index (κ2) is 10.3. The van der Waals surface area contributed by atoms with Crippen LogP contribution in [0.15, 0.2) is 42.5 Å². The van der Waals surface area contributed by atoms with E-state index in [4.69, 9.17) is 9.88 Å². The lowest BCUT2D eigenvalue weighted by Gasteiger charge is -2.15. The van der Waals surface area contributed by atoms with Crippen molar-refractivity contribution in [2.24, 2.45) is 11.1 Å². The van der Waals surface area contributed by atoms with E-state index in [2.05, 4.69) is 10.3 Å². The fraction of sp³-hybridized carbons (Fsp3) is 0.391. The summed E-state index contributed by atoms with van der Waals surface area (Å²) in [6, 6.07) is 13.6. The summed E-state index contributed by atoms with van der Waals surface area (Å²) in [5, 5.41) is 6.07. The monoisotopic (exact) mass is 537 g/mol. The molecule has 0 bridgehead atoms. The molecule has 1 amide bonds. The first-order valence-electron chi connectivity index (χ1n) is 11.0. The van der Waals surface area contributed by atoms with Crippen molar-refractivity contribution in [3.05, 3.63) is 53.0 Å². The highest BCUT2D eigenvalue weighted by atomic mass is 32.2. The zero-order valence-electron chi connectivity index (χ0n) is 19.1. The number of carbonyl (C=O) groups is 1. The molecule has 188 valence electrons. The molecule has 2 aromatic carbocycles. The molecule has 0 radical (unpaired) electrons. The van der Waals surface area contributed by atoms with Crippen molar-refractivity contribution in [1.29, 1.82) is 0 Å². The Balaban J connectivity index is 1.64. The van der Waals surface area contributed by atoms with Crippen LogP contribution in [0.4, 0.5) is 0 Å². The predicted molar refractivity (Wildman–Crippen MR) is 136 cm³/mol. The smallest absolute Gasteiger partial charge is 0.245 e. The van der Waals surface area contributed by atoms with Crippen LogP contribution in [0.3, 0.4) is 0 Å². The molecule has 1 aliphatic rings. The molecule has 1 atom stereocenters. The number of nitrogens with one attached hydrogen (secondary N) is 1. The minimum absolute atomic E-state index is 0.0433. The number of hydrogen-bond donors (Lipinski definition) is 2. The van der Waals surface area contributed by atoms with E-state index in [0.717, 1.165) is 45.6 Å². The van der Waals surface area contributed by atoms with Crippen molar-refractivity contribution in [3.8, 4) is 11.1 Å². The van der Waals surface area contributed by atoms with E-state index < -0.39 is 36.8 Å². The zero-order chi connectivity index (χ0) is 25.2. The molecule has 0 spiro atoms. The minimum Gasteiger partial charge on any atom is -0.380 e. The molecule has 0 aliphatic heterocycles. The Morgan fingerprint density at radius 1 is 1.14 bits per heavy atom. The number of rotatable bonds is 11. The second-order valence-corrected chi connectivity index (χ2v) is 13.6. The van der Waals surface area contributed by atoms with Crippen molar-refractivity contribution >= 4 is 47.3 Å². The average molecular weight is 538 g/mol. The van der Waals surface area contributed by atoms with Crippen molar-refractivity contribution in [2.75, 3.05) is 25.2 Å². The topological polar surface area (TPSA) is 146 Å². The number of primary sulfonamides is 1. The van der Waals surface area contributed by atoms with Gasteiger partial charge >= 0.3 is 0 Å². The number of fused-ring (bicyclic) bond motifs is 1. The molecule has 1 unspecified atom stereocenters. The average Bonchev–Trinajstić information content (AvgIpc) is 3.48. The third kappa shape index (κ3) is 6.64. The summed E-state index contributed by atoms with van der Waals surface area (Å²) in [7, 11) is -6.01. The number of nitrogens with two attached hydrogens (primary N) is 1. The van der Waals surface area contributed by atoms with Crippen LogP contribution in [0.2, 0.25) is 0 Å². The van der Waals surface area contributed by atoms with Gasteiger partial charge in [-0.1, -0.05) is 30.3 Å². The van der Waals surface area contributed by atoms with Gasteiger partial charge < -0.3 is 10.1 Å². The first-order chi connectivity index (χ1) is 16.6. The van der Waals surface area contributed by atoms with Gasteiger partial charge in [-0.2, -0.15) is 0 Å². The molecule has 1 fully saturated rings. The van der Waals surface area contributed by atoms with Crippen LogP contribution in [-0.2, 0) is 36.0 Å². The summed E-state index contributed by atoms with van der Waals surface area (Å²) >= 11 is 1.15. The van der Waals surface area contributed by atoms with E-state index in [1.807, 2.05) is 36.4 Å². The third-order valence-electron chi connectivity index (χ3n) is 5.68. The molecule has 0 saturated heterocycles. The number of carbonyl (C=O) groups excluding carboxylic acids is 1. The number of ether oxygens (including phenoxy) is 1. The number of nitrogens with zero attached hydrogens (tertiary/aromatic N) is 1. The quantitative estimate of drug-likeness (QED) is 0.382. The van der Waals surface area contributed by atoms with Gasteiger partial charge in [-0.3, -0.25) is 4.79 Å².